The summed E-state index contributed by atoms with van der Waals surface area (Å²) in [5.41, 5.74) is 3.46. The summed E-state index contributed by atoms with van der Waals surface area (Å²) in [6.07, 6.45) is 2.55. The summed E-state index contributed by atoms with van der Waals surface area (Å²) < 4.78 is 2.25. The van der Waals surface area contributed by atoms with Crippen LogP contribution in [0.5, 0.6) is 0 Å². The molecule has 130 valence electrons. The molecule has 0 spiro atoms. The van der Waals surface area contributed by atoms with Crippen LogP contribution in [0.3, 0.4) is 0 Å². The lowest BCUT2D eigenvalue weighted by molar-refractivity contribution is -0.121. The quantitative estimate of drug-likeness (QED) is 0.701. The Morgan fingerprint density at radius 2 is 1.84 bits per heavy atom. The van der Waals surface area contributed by atoms with Crippen molar-refractivity contribution < 1.29 is 4.79 Å². The van der Waals surface area contributed by atoms with Crippen LogP contribution in [0.4, 0.5) is 0 Å². The molecule has 0 radical (unpaired) electrons. The molecule has 1 amide bonds. The molecule has 1 atom stereocenters. The second-order valence-corrected chi connectivity index (χ2v) is 6.34. The van der Waals surface area contributed by atoms with Crippen LogP contribution in [0.15, 0.2) is 54.6 Å². The van der Waals surface area contributed by atoms with Gasteiger partial charge in [0.1, 0.15) is 5.82 Å². The molecular weight excluding hydrogens is 310 g/mol. The van der Waals surface area contributed by atoms with Crippen LogP contribution in [0.2, 0.25) is 0 Å². The van der Waals surface area contributed by atoms with Crippen molar-refractivity contribution in [2.75, 3.05) is 0 Å². The third kappa shape index (κ3) is 4.08. The molecule has 2 aromatic carbocycles. The van der Waals surface area contributed by atoms with Crippen LogP contribution in [0, 0.1) is 0 Å². The van der Waals surface area contributed by atoms with Gasteiger partial charge in [-0.05, 0) is 37.5 Å². The van der Waals surface area contributed by atoms with Gasteiger partial charge in [0.25, 0.3) is 0 Å². The largest absolute Gasteiger partial charge is 0.346 e. The Morgan fingerprint density at radius 3 is 2.60 bits per heavy atom. The zero-order chi connectivity index (χ0) is 17.6. The van der Waals surface area contributed by atoms with Crippen LogP contribution in [-0.2, 0) is 17.8 Å². The number of carbonyl (C=O) groups is 1. The van der Waals surface area contributed by atoms with Gasteiger partial charge in [-0.15, -0.1) is 0 Å². The normalized spacial score (nSPS) is 12.2. The van der Waals surface area contributed by atoms with E-state index in [1.54, 1.807) is 0 Å². The molecule has 3 rings (SSSR count). The smallest absolute Gasteiger partial charge is 0.220 e. The number of aryl methyl sites for hydroxylation is 2. The first-order valence-corrected chi connectivity index (χ1v) is 8.97. The number of hydrogen-bond donors (Lipinski definition) is 1. The number of carbonyl (C=O) groups excluding carboxylic acids is 1. The van der Waals surface area contributed by atoms with Crippen LogP contribution in [0.1, 0.15) is 44.1 Å². The molecule has 0 aliphatic heterocycles. The summed E-state index contributed by atoms with van der Waals surface area (Å²) in [7, 11) is 0. The summed E-state index contributed by atoms with van der Waals surface area (Å²) in [4.78, 5) is 16.5. The second kappa shape index (κ2) is 7.97. The number of rotatable bonds is 7. The molecule has 0 aliphatic rings. The molecule has 4 nitrogen and oxygen atoms in total. The van der Waals surface area contributed by atoms with E-state index >= 15 is 0 Å². The van der Waals surface area contributed by atoms with Crippen molar-refractivity contribution >= 4 is 16.9 Å². The Hall–Kier alpha value is -2.62. The summed E-state index contributed by atoms with van der Waals surface area (Å²) in [6.45, 7) is 4.75. The fourth-order valence-corrected chi connectivity index (χ4v) is 3.15. The van der Waals surface area contributed by atoms with E-state index < -0.39 is 0 Å². The molecule has 3 aromatic rings. The van der Waals surface area contributed by atoms with Crippen LogP contribution >= 0.6 is 0 Å². The maximum Gasteiger partial charge on any atom is 0.220 e. The number of nitrogens with zero attached hydrogens (tertiary/aromatic N) is 2. The molecule has 1 aromatic heterocycles. The molecule has 0 saturated heterocycles. The Balaban J connectivity index is 1.81. The number of fused-ring (bicyclic) bond motifs is 1. The van der Waals surface area contributed by atoms with Gasteiger partial charge in [-0.3, -0.25) is 4.79 Å². The van der Waals surface area contributed by atoms with Gasteiger partial charge < -0.3 is 9.88 Å². The van der Waals surface area contributed by atoms with Crippen molar-refractivity contribution in [2.45, 2.75) is 45.7 Å². The maximum absolute atomic E-state index is 11.8. The third-order valence-corrected chi connectivity index (χ3v) is 4.46. The van der Waals surface area contributed by atoms with E-state index in [2.05, 4.69) is 40.2 Å². The lowest BCUT2D eigenvalue weighted by Crippen LogP contribution is -2.28. The minimum Gasteiger partial charge on any atom is -0.346 e. The highest BCUT2D eigenvalue weighted by atomic mass is 16.1. The summed E-state index contributed by atoms with van der Waals surface area (Å²) in [5, 5.41) is 3.03. The van der Waals surface area contributed by atoms with Gasteiger partial charge in [-0.1, -0.05) is 49.4 Å². The molecule has 1 heterocycles. The number of para-hydroxylation sites is 2. The van der Waals surface area contributed by atoms with Crippen LogP contribution < -0.4 is 5.32 Å². The number of nitrogens with one attached hydrogen (secondary N) is 1. The zero-order valence-electron chi connectivity index (χ0n) is 14.9. The molecule has 0 aliphatic carbocycles. The minimum absolute atomic E-state index is 0.0513. The van der Waals surface area contributed by atoms with Gasteiger partial charge in [0.05, 0.1) is 17.1 Å². The van der Waals surface area contributed by atoms with Gasteiger partial charge in [-0.25, -0.2) is 4.98 Å². The van der Waals surface area contributed by atoms with Crippen molar-refractivity contribution in [1.82, 2.24) is 14.9 Å². The van der Waals surface area contributed by atoms with Gasteiger partial charge in [-0.2, -0.15) is 0 Å². The predicted octanol–water partition coefficient (Wildman–Crippen LogP) is 4.26. The van der Waals surface area contributed by atoms with E-state index in [-0.39, 0.29) is 11.9 Å². The maximum atomic E-state index is 11.8. The number of imidazole rings is 1. The van der Waals surface area contributed by atoms with Crippen LogP contribution in [0.25, 0.3) is 11.0 Å². The molecule has 4 heteroatoms. The highest BCUT2D eigenvalue weighted by molar-refractivity contribution is 5.77. The Morgan fingerprint density at radius 1 is 1.12 bits per heavy atom. The second-order valence-electron chi connectivity index (χ2n) is 6.34. The first-order valence-electron chi connectivity index (χ1n) is 8.97. The average molecular weight is 335 g/mol. The van der Waals surface area contributed by atoms with Gasteiger partial charge in [0.15, 0.2) is 0 Å². The van der Waals surface area contributed by atoms with E-state index in [9.17, 15) is 4.79 Å². The first-order chi connectivity index (χ1) is 12.2. The van der Waals surface area contributed by atoms with E-state index in [0.717, 1.165) is 36.2 Å². The lowest BCUT2D eigenvalue weighted by Gasteiger charge is -2.16. The van der Waals surface area contributed by atoms with Crippen molar-refractivity contribution in [2.24, 2.45) is 0 Å². The van der Waals surface area contributed by atoms with Crippen molar-refractivity contribution in [3.05, 3.63) is 66.0 Å². The minimum atomic E-state index is -0.100. The molecule has 0 fully saturated rings. The fourth-order valence-electron chi connectivity index (χ4n) is 3.15. The van der Waals surface area contributed by atoms with E-state index in [1.807, 2.05) is 38.1 Å². The molecular formula is C21H25N3O. The lowest BCUT2D eigenvalue weighted by atomic mass is 10.1. The topological polar surface area (TPSA) is 46.9 Å². The summed E-state index contributed by atoms with van der Waals surface area (Å²) in [5.74, 6) is 0.978. The molecule has 1 N–H and O–H groups in total. The van der Waals surface area contributed by atoms with Gasteiger partial charge in [0.2, 0.25) is 5.91 Å². The number of amides is 1. The van der Waals surface area contributed by atoms with Crippen molar-refractivity contribution in [1.29, 1.82) is 0 Å². The monoisotopic (exact) mass is 335 g/mol. The summed E-state index contributed by atoms with van der Waals surface area (Å²) >= 11 is 0. The molecule has 0 bridgehead atoms. The summed E-state index contributed by atoms with van der Waals surface area (Å²) in [6, 6.07) is 18.6. The predicted molar refractivity (Wildman–Crippen MR) is 101 cm³/mol. The first kappa shape index (κ1) is 17.2. The Kier molecular flexibility index (Phi) is 5.49. The highest BCUT2D eigenvalue weighted by Crippen LogP contribution is 2.21. The fraction of sp³-hybridized carbons (Fsp3) is 0.333. The number of hydrogen-bond acceptors (Lipinski definition) is 2. The average Bonchev–Trinajstić information content (AvgIpc) is 3.01. The Labute approximate surface area is 148 Å². The molecule has 25 heavy (non-hydrogen) atoms. The standard InChI is InChI=1S/C21H25N3O/c1-3-20(25)22-16(2)21-23-18-13-7-8-14-19(18)24(21)15-9-12-17-10-5-4-6-11-17/h4-8,10-11,13-14,16H,3,9,12,15H2,1-2H3,(H,22,25). The molecule has 1 unspecified atom stereocenters. The zero-order valence-corrected chi connectivity index (χ0v) is 14.9. The highest BCUT2D eigenvalue weighted by Gasteiger charge is 2.17. The van der Waals surface area contributed by atoms with Gasteiger partial charge >= 0.3 is 0 Å². The van der Waals surface area contributed by atoms with E-state index in [0.29, 0.717) is 6.42 Å². The Bertz CT molecular complexity index is 839. The van der Waals surface area contributed by atoms with Crippen LogP contribution in [-0.4, -0.2) is 15.5 Å². The SMILES string of the molecule is CCC(=O)NC(C)c1nc2ccccc2n1CCCc1ccccc1. The molecule has 0 saturated carbocycles. The van der Waals surface area contributed by atoms with Crippen molar-refractivity contribution in [3.63, 3.8) is 0 Å². The number of benzene rings is 2. The third-order valence-electron chi connectivity index (χ3n) is 4.46. The van der Waals surface area contributed by atoms with Gasteiger partial charge in [0, 0.05) is 13.0 Å². The van der Waals surface area contributed by atoms with E-state index in [1.165, 1.54) is 5.56 Å². The van der Waals surface area contributed by atoms with E-state index in [4.69, 9.17) is 4.98 Å². The number of aromatic nitrogens is 2. The van der Waals surface area contributed by atoms with Crippen molar-refractivity contribution in [3.8, 4) is 0 Å².